The molecule has 0 unspecified atom stereocenters. The predicted octanol–water partition coefficient (Wildman–Crippen LogP) is 4.05. The summed E-state index contributed by atoms with van der Waals surface area (Å²) in [5.41, 5.74) is 2.81. The van der Waals surface area contributed by atoms with Crippen molar-refractivity contribution >= 4 is 11.0 Å². The van der Waals surface area contributed by atoms with Crippen LogP contribution in [0.5, 0.6) is 0 Å². The fraction of sp³-hybridized carbons (Fsp3) is 0.500. The van der Waals surface area contributed by atoms with Gasteiger partial charge in [-0.3, -0.25) is 0 Å². The van der Waals surface area contributed by atoms with E-state index in [1.165, 1.54) is 25.1 Å². The Hall–Kier alpha value is -1.82. The van der Waals surface area contributed by atoms with Gasteiger partial charge in [0, 0.05) is 13.0 Å². The highest BCUT2D eigenvalue weighted by atomic mass is 15.1. The molecule has 0 amide bonds. The van der Waals surface area contributed by atoms with Crippen molar-refractivity contribution in [2.24, 2.45) is 0 Å². The summed E-state index contributed by atoms with van der Waals surface area (Å²) in [5, 5.41) is 8.97. The van der Waals surface area contributed by atoms with Crippen molar-refractivity contribution in [3.63, 3.8) is 0 Å². The van der Waals surface area contributed by atoms with Gasteiger partial charge in [0.25, 0.3) is 0 Å². The minimum Gasteiger partial charge on any atom is -0.328 e. The number of hydrogen-bond donors (Lipinski definition) is 0. The molecule has 0 aliphatic heterocycles. The first kappa shape index (κ1) is 13.6. The molecule has 0 aliphatic rings. The molecular weight excluding hydrogens is 234 g/mol. The minimum absolute atomic E-state index is 0.689. The Morgan fingerprint density at radius 1 is 1.21 bits per heavy atom. The highest BCUT2D eigenvalue weighted by Gasteiger charge is 2.10. The summed E-state index contributed by atoms with van der Waals surface area (Å²) in [7, 11) is 0. The average Bonchev–Trinajstić information content (AvgIpc) is 2.77. The molecule has 0 atom stereocenters. The first-order chi connectivity index (χ1) is 9.30. The maximum absolute atomic E-state index is 8.97. The first-order valence-corrected chi connectivity index (χ1v) is 7.19. The maximum atomic E-state index is 8.97. The summed E-state index contributed by atoms with van der Waals surface area (Å²) in [6, 6.07) is 7.99. The molecule has 2 aromatic rings. The normalized spacial score (nSPS) is 10.8. The summed E-state index contributed by atoms with van der Waals surface area (Å²) in [6.07, 6.45) is 5.80. The van der Waals surface area contributed by atoms with Gasteiger partial charge in [-0.2, -0.15) is 5.26 Å². The molecule has 0 aliphatic carbocycles. The van der Waals surface area contributed by atoms with Crippen LogP contribution in [0, 0.1) is 11.3 Å². The van der Waals surface area contributed by atoms with Crippen LogP contribution in [0.15, 0.2) is 18.2 Å². The Morgan fingerprint density at radius 2 is 2.05 bits per heavy atom. The molecule has 0 N–H and O–H groups in total. The Labute approximate surface area is 114 Å². The Bertz CT molecular complexity index is 590. The lowest BCUT2D eigenvalue weighted by Gasteiger charge is -2.07. The molecule has 2 rings (SSSR count). The van der Waals surface area contributed by atoms with Gasteiger partial charge in [0.2, 0.25) is 0 Å². The molecule has 19 heavy (non-hydrogen) atoms. The number of aryl methyl sites for hydroxylation is 2. The van der Waals surface area contributed by atoms with Gasteiger partial charge in [0.05, 0.1) is 22.7 Å². The van der Waals surface area contributed by atoms with Gasteiger partial charge >= 0.3 is 0 Å². The van der Waals surface area contributed by atoms with Crippen LogP contribution >= 0.6 is 0 Å². The van der Waals surface area contributed by atoms with Gasteiger partial charge in [-0.25, -0.2) is 4.98 Å². The number of aromatic nitrogens is 2. The van der Waals surface area contributed by atoms with Gasteiger partial charge in [-0.1, -0.05) is 26.7 Å². The lowest BCUT2D eigenvalue weighted by Crippen LogP contribution is -2.03. The Balaban J connectivity index is 2.38. The maximum Gasteiger partial charge on any atom is 0.109 e. The third kappa shape index (κ3) is 2.96. The van der Waals surface area contributed by atoms with Crippen molar-refractivity contribution in [2.45, 2.75) is 52.5 Å². The van der Waals surface area contributed by atoms with Crippen molar-refractivity contribution in [3.05, 3.63) is 29.6 Å². The fourth-order valence-electron chi connectivity index (χ4n) is 2.45. The van der Waals surface area contributed by atoms with Gasteiger partial charge < -0.3 is 4.57 Å². The van der Waals surface area contributed by atoms with Gasteiger partial charge in [-0.15, -0.1) is 0 Å². The first-order valence-electron chi connectivity index (χ1n) is 7.19. The van der Waals surface area contributed by atoms with Crippen LogP contribution < -0.4 is 0 Å². The molecule has 0 fully saturated rings. The standard InChI is InChI=1S/C16H21N3/c1-3-5-6-7-16-18-14-11-13(12-17)8-9-15(14)19(16)10-4-2/h8-9,11H,3-7,10H2,1-2H3. The quantitative estimate of drug-likeness (QED) is 0.731. The second-order valence-electron chi connectivity index (χ2n) is 4.95. The number of rotatable bonds is 6. The number of benzene rings is 1. The van der Waals surface area contributed by atoms with E-state index in [1.54, 1.807) is 0 Å². The SMILES string of the molecule is CCCCCc1nc2cc(C#N)ccc2n1CCC. The monoisotopic (exact) mass is 255 g/mol. The van der Waals surface area contributed by atoms with E-state index >= 15 is 0 Å². The zero-order chi connectivity index (χ0) is 13.7. The smallest absolute Gasteiger partial charge is 0.109 e. The highest BCUT2D eigenvalue weighted by Crippen LogP contribution is 2.20. The van der Waals surface area contributed by atoms with Crippen LogP contribution in [-0.4, -0.2) is 9.55 Å². The average molecular weight is 255 g/mol. The fourth-order valence-corrected chi connectivity index (χ4v) is 2.45. The van der Waals surface area contributed by atoms with Gasteiger partial charge in [0.1, 0.15) is 5.82 Å². The second kappa shape index (κ2) is 6.38. The van der Waals surface area contributed by atoms with Crippen LogP contribution in [0.2, 0.25) is 0 Å². The van der Waals surface area contributed by atoms with E-state index < -0.39 is 0 Å². The predicted molar refractivity (Wildman–Crippen MR) is 78.0 cm³/mol. The van der Waals surface area contributed by atoms with E-state index in [-0.39, 0.29) is 0 Å². The number of nitriles is 1. The van der Waals surface area contributed by atoms with Crippen molar-refractivity contribution < 1.29 is 0 Å². The van der Waals surface area contributed by atoms with Crippen molar-refractivity contribution in [1.82, 2.24) is 9.55 Å². The van der Waals surface area contributed by atoms with E-state index in [2.05, 4.69) is 24.5 Å². The number of nitrogens with zero attached hydrogens (tertiary/aromatic N) is 3. The molecule has 3 heteroatoms. The van der Waals surface area contributed by atoms with E-state index in [4.69, 9.17) is 10.2 Å². The summed E-state index contributed by atoms with van der Waals surface area (Å²) in [5.74, 6) is 1.17. The van der Waals surface area contributed by atoms with E-state index in [9.17, 15) is 0 Å². The van der Waals surface area contributed by atoms with Gasteiger partial charge in [-0.05, 0) is 31.0 Å². The van der Waals surface area contributed by atoms with E-state index in [0.29, 0.717) is 5.56 Å². The van der Waals surface area contributed by atoms with Crippen molar-refractivity contribution in [2.75, 3.05) is 0 Å². The lowest BCUT2D eigenvalue weighted by molar-refractivity contribution is 0.621. The topological polar surface area (TPSA) is 41.6 Å². The number of fused-ring (bicyclic) bond motifs is 1. The van der Waals surface area contributed by atoms with Crippen LogP contribution in [0.25, 0.3) is 11.0 Å². The van der Waals surface area contributed by atoms with Crippen LogP contribution in [0.4, 0.5) is 0 Å². The third-order valence-corrected chi connectivity index (χ3v) is 3.41. The molecular formula is C16H21N3. The van der Waals surface area contributed by atoms with Crippen LogP contribution in [0.1, 0.15) is 50.9 Å². The van der Waals surface area contributed by atoms with Crippen LogP contribution in [0.3, 0.4) is 0 Å². The number of unbranched alkanes of at least 4 members (excludes halogenated alkanes) is 2. The zero-order valence-corrected chi connectivity index (χ0v) is 11.8. The second-order valence-corrected chi connectivity index (χ2v) is 4.95. The Morgan fingerprint density at radius 3 is 2.74 bits per heavy atom. The molecule has 0 radical (unpaired) electrons. The molecule has 3 nitrogen and oxygen atoms in total. The van der Waals surface area contributed by atoms with Crippen LogP contribution in [-0.2, 0) is 13.0 Å². The Kier molecular flexibility index (Phi) is 4.57. The summed E-state index contributed by atoms with van der Waals surface area (Å²) in [6.45, 7) is 5.41. The molecule has 0 saturated heterocycles. The van der Waals surface area contributed by atoms with E-state index in [1.807, 2.05) is 18.2 Å². The summed E-state index contributed by atoms with van der Waals surface area (Å²) in [4.78, 5) is 4.72. The zero-order valence-electron chi connectivity index (χ0n) is 11.8. The van der Waals surface area contributed by atoms with E-state index in [0.717, 1.165) is 30.4 Å². The molecule has 0 bridgehead atoms. The third-order valence-electron chi connectivity index (χ3n) is 3.41. The highest BCUT2D eigenvalue weighted by molar-refractivity contribution is 5.77. The number of hydrogen-bond acceptors (Lipinski definition) is 2. The molecule has 100 valence electrons. The van der Waals surface area contributed by atoms with Gasteiger partial charge in [0.15, 0.2) is 0 Å². The molecule has 0 saturated carbocycles. The molecule has 1 heterocycles. The summed E-state index contributed by atoms with van der Waals surface area (Å²) >= 11 is 0. The summed E-state index contributed by atoms with van der Waals surface area (Å²) < 4.78 is 2.31. The molecule has 1 aromatic carbocycles. The lowest BCUT2D eigenvalue weighted by atomic mass is 10.2. The minimum atomic E-state index is 0.689. The largest absolute Gasteiger partial charge is 0.328 e. The molecule has 1 aromatic heterocycles. The van der Waals surface area contributed by atoms with Crippen molar-refractivity contribution in [1.29, 1.82) is 5.26 Å². The van der Waals surface area contributed by atoms with Crippen molar-refractivity contribution in [3.8, 4) is 6.07 Å². The number of imidazole rings is 1. The molecule has 0 spiro atoms.